The molecule has 0 saturated heterocycles. The highest BCUT2D eigenvalue weighted by atomic mass is 19.3. The van der Waals surface area contributed by atoms with E-state index in [0.29, 0.717) is 22.9 Å². The van der Waals surface area contributed by atoms with Gasteiger partial charge in [0, 0.05) is 24.3 Å². The van der Waals surface area contributed by atoms with E-state index < -0.39 is 6.43 Å². The molecule has 0 spiro atoms. The van der Waals surface area contributed by atoms with Gasteiger partial charge < -0.3 is 10.2 Å². The van der Waals surface area contributed by atoms with Crippen molar-refractivity contribution in [1.29, 1.82) is 0 Å². The molecule has 0 aliphatic carbocycles. The molecular formula is C13H14F2N4O. The van der Waals surface area contributed by atoms with Crippen molar-refractivity contribution in [3.63, 3.8) is 0 Å². The molecule has 1 aromatic carbocycles. The fourth-order valence-electron chi connectivity index (χ4n) is 1.74. The topological polar surface area (TPSA) is 73.1 Å². The third-order valence-corrected chi connectivity index (χ3v) is 2.62. The summed E-state index contributed by atoms with van der Waals surface area (Å²) in [5, 5.41) is 0. The van der Waals surface area contributed by atoms with Crippen LogP contribution < -0.4 is 11.3 Å². The Bertz CT molecular complexity index is 592. The van der Waals surface area contributed by atoms with Gasteiger partial charge >= 0.3 is 0 Å². The van der Waals surface area contributed by atoms with Gasteiger partial charge in [-0.3, -0.25) is 0 Å². The van der Waals surface area contributed by atoms with Gasteiger partial charge in [-0.25, -0.2) is 24.6 Å². The maximum atomic E-state index is 12.7. The number of ether oxygens (including phenoxy) is 1. The van der Waals surface area contributed by atoms with Crippen LogP contribution in [0.15, 0.2) is 30.3 Å². The number of rotatable bonds is 5. The summed E-state index contributed by atoms with van der Waals surface area (Å²) in [7, 11) is 1.54. The normalized spacial score (nSPS) is 10.8. The predicted octanol–water partition coefficient (Wildman–Crippen LogP) is 2.51. The lowest BCUT2D eigenvalue weighted by Gasteiger charge is -2.08. The number of hydrogen-bond donors (Lipinski definition) is 2. The zero-order valence-corrected chi connectivity index (χ0v) is 10.8. The van der Waals surface area contributed by atoms with Gasteiger partial charge in [0.2, 0.25) is 0 Å². The minimum Gasteiger partial charge on any atom is -0.378 e. The van der Waals surface area contributed by atoms with Gasteiger partial charge in [-0.1, -0.05) is 18.2 Å². The fourth-order valence-corrected chi connectivity index (χ4v) is 1.74. The Labute approximate surface area is 114 Å². The van der Waals surface area contributed by atoms with Gasteiger partial charge in [0.15, 0.2) is 5.82 Å². The maximum absolute atomic E-state index is 12.7. The molecule has 0 fully saturated rings. The molecule has 2 rings (SSSR count). The van der Waals surface area contributed by atoms with Crippen LogP contribution >= 0.6 is 0 Å². The molecule has 0 bridgehead atoms. The SMILES string of the molecule is COCc1cc(NN)nc(-c2cccc(C(F)F)c2)n1. The number of hydrazine groups is 1. The summed E-state index contributed by atoms with van der Waals surface area (Å²) >= 11 is 0. The largest absolute Gasteiger partial charge is 0.378 e. The number of methoxy groups -OCH3 is 1. The molecule has 0 radical (unpaired) electrons. The highest BCUT2D eigenvalue weighted by molar-refractivity contribution is 5.58. The second kappa shape index (κ2) is 6.36. The van der Waals surface area contributed by atoms with Crippen molar-refractivity contribution in [3.05, 3.63) is 41.6 Å². The molecule has 0 aliphatic rings. The third kappa shape index (κ3) is 3.25. The molecular weight excluding hydrogens is 266 g/mol. The summed E-state index contributed by atoms with van der Waals surface area (Å²) in [6, 6.07) is 7.55. The van der Waals surface area contributed by atoms with Crippen LogP contribution in [0.4, 0.5) is 14.6 Å². The number of nitrogens with one attached hydrogen (secondary N) is 1. The van der Waals surface area contributed by atoms with E-state index in [2.05, 4.69) is 15.4 Å². The van der Waals surface area contributed by atoms with Crippen molar-refractivity contribution >= 4 is 5.82 Å². The minimum atomic E-state index is -2.54. The molecule has 20 heavy (non-hydrogen) atoms. The van der Waals surface area contributed by atoms with Crippen molar-refractivity contribution in [2.75, 3.05) is 12.5 Å². The number of anilines is 1. The van der Waals surface area contributed by atoms with Gasteiger partial charge in [0.1, 0.15) is 5.82 Å². The molecule has 0 saturated carbocycles. The zero-order valence-electron chi connectivity index (χ0n) is 10.8. The molecule has 0 unspecified atom stereocenters. The molecule has 0 atom stereocenters. The second-order valence-electron chi connectivity index (χ2n) is 4.07. The van der Waals surface area contributed by atoms with E-state index >= 15 is 0 Å². The Balaban J connectivity index is 2.45. The fraction of sp³-hybridized carbons (Fsp3) is 0.231. The maximum Gasteiger partial charge on any atom is 0.263 e. The Kier molecular flexibility index (Phi) is 4.54. The average Bonchev–Trinajstić information content (AvgIpc) is 2.47. The molecule has 7 heteroatoms. The number of nitrogen functional groups attached to an aromatic ring is 1. The van der Waals surface area contributed by atoms with Crippen LogP contribution in [0.3, 0.4) is 0 Å². The van der Waals surface area contributed by atoms with Crippen molar-refractivity contribution < 1.29 is 13.5 Å². The van der Waals surface area contributed by atoms with Crippen LogP contribution in [0.5, 0.6) is 0 Å². The van der Waals surface area contributed by atoms with Gasteiger partial charge in [0.05, 0.1) is 12.3 Å². The molecule has 2 aromatic rings. The first kappa shape index (κ1) is 14.3. The summed E-state index contributed by atoms with van der Waals surface area (Å²) in [5.41, 5.74) is 3.44. The van der Waals surface area contributed by atoms with Crippen LogP contribution in [0, 0.1) is 0 Å². The van der Waals surface area contributed by atoms with Crippen LogP contribution in [0.2, 0.25) is 0 Å². The monoisotopic (exact) mass is 280 g/mol. The molecule has 106 valence electrons. The van der Waals surface area contributed by atoms with E-state index in [-0.39, 0.29) is 12.2 Å². The van der Waals surface area contributed by atoms with Crippen molar-refractivity contribution in [2.24, 2.45) is 5.84 Å². The van der Waals surface area contributed by atoms with Crippen LogP contribution in [-0.2, 0) is 11.3 Å². The number of aromatic nitrogens is 2. The Morgan fingerprint density at radius 1 is 1.30 bits per heavy atom. The Hall–Kier alpha value is -2.12. The molecule has 0 aliphatic heterocycles. The summed E-state index contributed by atoms with van der Waals surface area (Å²) in [6.45, 7) is 0.277. The summed E-state index contributed by atoms with van der Waals surface area (Å²) in [5.74, 6) is 6.05. The molecule has 3 N–H and O–H groups in total. The summed E-state index contributed by atoms with van der Waals surface area (Å²) in [4.78, 5) is 8.42. The molecule has 1 aromatic heterocycles. The smallest absolute Gasteiger partial charge is 0.263 e. The number of alkyl halides is 2. The number of nitrogens with zero attached hydrogens (tertiary/aromatic N) is 2. The Morgan fingerprint density at radius 2 is 2.10 bits per heavy atom. The van der Waals surface area contributed by atoms with Crippen LogP contribution in [-0.4, -0.2) is 17.1 Å². The lowest BCUT2D eigenvalue weighted by atomic mass is 10.1. The first-order valence-corrected chi connectivity index (χ1v) is 5.86. The molecule has 5 nitrogen and oxygen atoms in total. The lowest BCUT2D eigenvalue weighted by Crippen LogP contribution is -2.11. The summed E-state index contributed by atoms with van der Waals surface area (Å²) < 4.78 is 30.4. The Morgan fingerprint density at radius 3 is 2.75 bits per heavy atom. The first-order valence-electron chi connectivity index (χ1n) is 5.86. The van der Waals surface area contributed by atoms with Crippen molar-refractivity contribution in [3.8, 4) is 11.4 Å². The summed E-state index contributed by atoms with van der Waals surface area (Å²) in [6.07, 6.45) is -2.54. The standard InChI is InChI=1S/C13H14F2N4O/c1-20-7-10-6-11(19-16)18-13(17-10)9-4-2-3-8(5-9)12(14)15/h2-6,12H,7,16H2,1H3,(H,17,18,19). The minimum absolute atomic E-state index is 0.0782. The molecule has 1 heterocycles. The number of hydrogen-bond acceptors (Lipinski definition) is 5. The van der Waals surface area contributed by atoms with Gasteiger partial charge in [-0.15, -0.1) is 0 Å². The third-order valence-electron chi connectivity index (χ3n) is 2.62. The van der Waals surface area contributed by atoms with Crippen molar-refractivity contribution in [2.45, 2.75) is 13.0 Å². The van der Waals surface area contributed by atoms with E-state index in [0.717, 1.165) is 0 Å². The van der Waals surface area contributed by atoms with Gasteiger partial charge in [-0.05, 0) is 6.07 Å². The van der Waals surface area contributed by atoms with E-state index in [9.17, 15) is 8.78 Å². The predicted molar refractivity (Wildman–Crippen MR) is 70.9 cm³/mol. The van der Waals surface area contributed by atoms with E-state index in [1.807, 2.05) is 0 Å². The van der Waals surface area contributed by atoms with E-state index in [1.54, 1.807) is 18.2 Å². The highest BCUT2D eigenvalue weighted by Gasteiger charge is 2.11. The first-order chi connectivity index (χ1) is 9.63. The zero-order chi connectivity index (χ0) is 14.5. The van der Waals surface area contributed by atoms with Gasteiger partial charge in [0.25, 0.3) is 6.43 Å². The number of nitrogens with two attached hydrogens (primary N) is 1. The van der Waals surface area contributed by atoms with E-state index in [1.165, 1.54) is 19.2 Å². The number of benzene rings is 1. The van der Waals surface area contributed by atoms with E-state index in [4.69, 9.17) is 10.6 Å². The lowest BCUT2D eigenvalue weighted by molar-refractivity contribution is 0.151. The van der Waals surface area contributed by atoms with Crippen LogP contribution in [0.25, 0.3) is 11.4 Å². The van der Waals surface area contributed by atoms with Gasteiger partial charge in [-0.2, -0.15) is 0 Å². The number of halogens is 2. The van der Waals surface area contributed by atoms with Crippen molar-refractivity contribution in [1.82, 2.24) is 9.97 Å². The highest BCUT2D eigenvalue weighted by Crippen LogP contribution is 2.24. The second-order valence-corrected chi connectivity index (χ2v) is 4.07. The quantitative estimate of drug-likeness (QED) is 0.650. The van der Waals surface area contributed by atoms with Crippen LogP contribution in [0.1, 0.15) is 17.7 Å². The average molecular weight is 280 g/mol. The molecule has 0 amide bonds.